The Bertz CT molecular complexity index is 443. The normalized spacial score (nSPS) is 12.2. The van der Waals surface area contributed by atoms with Crippen LogP contribution >= 0.6 is 0 Å². The SMILES string of the molecule is CCCCC(=O)Nc1cccc(C[S@@](C)=O)c1C. The zero-order valence-electron chi connectivity index (χ0n) is 11.3. The molecule has 0 aliphatic rings. The van der Waals surface area contributed by atoms with Crippen LogP contribution in [0.2, 0.25) is 0 Å². The van der Waals surface area contributed by atoms with Crippen molar-refractivity contribution >= 4 is 22.4 Å². The van der Waals surface area contributed by atoms with Crippen LogP contribution in [0, 0.1) is 6.92 Å². The molecule has 0 saturated carbocycles. The van der Waals surface area contributed by atoms with Crippen LogP contribution < -0.4 is 5.32 Å². The fourth-order valence-corrected chi connectivity index (χ4v) is 2.49. The van der Waals surface area contributed by atoms with E-state index in [9.17, 15) is 9.00 Å². The molecular formula is C14H21NO2S. The Labute approximate surface area is 111 Å². The molecule has 1 atom stereocenters. The van der Waals surface area contributed by atoms with E-state index in [2.05, 4.69) is 12.2 Å². The van der Waals surface area contributed by atoms with Crippen molar-refractivity contribution in [1.82, 2.24) is 0 Å². The maximum atomic E-state index is 11.7. The number of hydrogen-bond acceptors (Lipinski definition) is 2. The van der Waals surface area contributed by atoms with Crippen molar-refractivity contribution in [2.24, 2.45) is 0 Å². The predicted octanol–water partition coefficient (Wildman–Crippen LogP) is 3.00. The highest BCUT2D eigenvalue weighted by Gasteiger charge is 2.08. The van der Waals surface area contributed by atoms with Crippen LogP contribution in [-0.2, 0) is 21.3 Å². The molecule has 0 unspecified atom stereocenters. The molecule has 1 aromatic carbocycles. The molecule has 1 aromatic rings. The van der Waals surface area contributed by atoms with E-state index in [1.54, 1.807) is 6.26 Å². The number of amides is 1. The molecule has 0 aromatic heterocycles. The number of nitrogens with one attached hydrogen (secondary N) is 1. The average molecular weight is 267 g/mol. The maximum Gasteiger partial charge on any atom is 0.224 e. The Balaban J connectivity index is 2.77. The highest BCUT2D eigenvalue weighted by Crippen LogP contribution is 2.20. The van der Waals surface area contributed by atoms with Crippen molar-refractivity contribution in [2.75, 3.05) is 11.6 Å². The Kier molecular flexibility index (Phi) is 6.05. The van der Waals surface area contributed by atoms with E-state index in [-0.39, 0.29) is 5.91 Å². The van der Waals surface area contributed by atoms with Crippen LogP contribution in [0.25, 0.3) is 0 Å². The van der Waals surface area contributed by atoms with Crippen LogP contribution in [0.5, 0.6) is 0 Å². The molecule has 0 aliphatic carbocycles. The molecule has 0 saturated heterocycles. The van der Waals surface area contributed by atoms with Gasteiger partial charge in [-0.1, -0.05) is 25.5 Å². The summed E-state index contributed by atoms with van der Waals surface area (Å²) in [6, 6.07) is 5.74. The first-order valence-corrected chi connectivity index (χ1v) is 7.95. The molecule has 0 radical (unpaired) electrons. The van der Waals surface area contributed by atoms with Gasteiger partial charge in [0.15, 0.2) is 0 Å². The standard InChI is InChI=1S/C14H21NO2S/c1-4-5-9-14(16)15-13-8-6-7-12(11(13)2)10-18(3)17/h6-8H,4-5,9-10H2,1-3H3,(H,15,16)/t18-/m1/s1. The first-order valence-electron chi connectivity index (χ1n) is 6.23. The molecule has 0 aliphatic heterocycles. The van der Waals surface area contributed by atoms with Crippen molar-refractivity contribution in [2.45, 2.75) is 38.9 Å². The van der Waals surface area contributed by atoms with Gasteiger partial charge in [-0.15, -0.1) is 0 Å². The van der Waals surface area contributed by atoms with E-state index in [1.807, 2.05) is 25.1 Å². The summed E-state index contributed by atoms with van der Waals surface area (Å²) in [6.07, 6.45) is 4.16. The second kappa shape index (κ2) is 7.31. The minimum atomic E-state index is -0.865. The van der Waals surface area contributed by atoms with Crippen LogP contribution in [0.4, 0.5) is 5.69 Å². The molecule has 18 heavy (non-hydrogen) atoms. The summed E-state index contributed by atoms with van der Waals surface area (Å²) in [5.74, 6) is 0.583. The molecule has 0 bridgehead atoms. The van der Waals surface area contributed by atoms with Gasteiger partial charge in [-0.2, -0.15) is 0 Å². The second-order valence-electron chi connectivity index (χ2n) is 4.46. The number of benzene rings is 1. The average Bonchev–Trinajstić information content (AvgIpc) is 2.31. The minimum Gasteiger partial charge on any atom is -0.326 e. The summed E-state index contributed by atoms with van der Waals surface area (Å²) in [5.41, 5.74) is 2.88. The predicted molar refractivity (Wildman–Crippen MR) is 77.1 cm³/mol. The number of carbonyl (C=O) groups excluding carboxylic acids is 1. The second-order valence-corrected chi connectivity index (χ2v) is 5.89. The van der Waals surface area contributed by atoms with Gasteiger partial charge in [0.05, 0.1) is 0 Å². The zero-order chi connectivity index (χ0) is 13.5. The quantitative estimate of drug-likeness (QED) is 0.861. The largest absolute Gasteiger partial charge is 0.326 e. The fourth-order valence-electron chi connectivity index (χ4n) is 1.74. The number of rotatable bonds is 6. The van der Waals surface area contributed by atoms with E-state index in [4.69, 9.17) is 0 Å². The molecular weight excluding hydrogens is 246 g/mol. The van der Waals surface area contributed by atoms with Gasteiger partial charge in [0, 0.05) is 34.9 Å². The van der Waals surface area contributed by atoms with Gasteiger partial charge >= 0.3 is 0 Å². The summed E-state index contributed by atoms with van der Waals surface area (Å²) in [5, 5.41) is 2.92. The van der Waals surface area contributed by atoms with E-state index in [0.29, 0.717) is 12.2 Å². The number of carbonyl (C=O) groups is 1. The number of hydrogen-bond donors (Lipinski definition) is 1. The van der Waals surface area contributed by atoms with Gasteiger partial charge in [0.25, 0.3) is 0 Å². The Morgan fingerprint density at radius 2 is 2.11 bits per heavy atom. The van der Waals surface area contributed by atoms with Gasteiger partial charge in [0.1, 0.15) is 0 Å². The van der Waals surface area contributed by atoms with Crippen LogP contribution in [-0.4, -0.2) is 16.4 Å². The first kappa shape index (κ1) is 14.9. The van der Waals surface area contributed by atoms with E-state index < -0.39 is 10.8 Å². The molecule has 1 rings (SSSR count). The number of anilines is 1. The van der Waals surface area contributed by atoms with Crippen molar-refractivity contribution in [1.29, 1.82) is 0 Å². The van der Waals surface area contributed by atoms with Gasteiger partial charge in [-0.25, -0.2) is 0 Å². The molecule has 1 amide bonds. The van der Waals surface area contributed by atoms with E-state index in [0.717, 1.165) is 29.7 Å². The molecule has 0 spiro atoms. The van der Waals surface area contributed by atoms with Crippen molar-refractivity contribution in [3.05, 3.63) is 29.3 Å². The zero-order valence-corrected chi connectivity index (χ0v) is 12.1. The van der Waals surface area contributed by atoms with E-state index >= 15 is 0 Å². The van der Waals surface area contributed by atoms with Crippen molar-refractivity contribution < 1.29 is 9.00 Å². The van der Waals surface area contributed by atoms with Crippen LogP contribution in [0.1, 0.15) is 37.3 Å². The summed E-state index contributed by atoms with van der Waals surface area (Å²) in [6.45, 7) is 4.02. The minimum absolute atomic E-state index is 0.0507. The summed E-state index contributed by atoms with van der Waals surface area (Å²) in [4.78, 5) is 11.7. The lowest BCUT2D eigenvalue weighted by atomic mass is 10.1. The monoisotopic (exact) mass is 267 g/mol. The molecule has 3 nitrogen and oxygen atoms in total. The highest BCUT2D eigenvalue weighted by molar-refractivity contribution is 7.83. The van der Waals surface area contributed by atoms with Gasteiger partial charge < -0.3 is 5.32 Å². The van der Waals surface area contributed by atoms with Crippen molar-refractivity contribution in [3.63, 3.8) is 0 Å². The Hall–Kier alpha value is -1.16. The summed E-state index contributed by atoms with van der Waals surface area (Å²) < 4.78 is 11.3. The third-order valence-electron chi connectivity index (χ3n) is 2.84. The molecule has 4 heteroatoms. The fraction of sp³-hybridized carbons (Fsp3) is 0.500. The van der Waals surface area contributed by atoms with Gasteiger partial charge in [0.2, 0.25) is 5.91 Å². The van der Waals surface area contributed by atoms with E-state index in [1.165, 1.54) is 0 Å². The van der Waals surface area contributed by atoms with Gasteiger partial charge in [-0.3, -0.25) is 9.00 Å². The topological polar surface area (TPSA) is 46.2 Å². The highest BCUT2D eigenvalue weighted by atomic mass is 32.2. The molecule has 100 valence electrons. The smallest absolute Gasteiger partial charge is 0.224 e. The summed E-state index contributed by atoms with van der Waals surface area (Å²) >= 11 is 0. The molecule has 0 heterocycles. The lowest BCUT2D eigenvalue weighted by molar-refractivity contribution is -0.116. The first-order chi connectivity index (χ1) is 8.54. The third kappa shape index (κ3) is 4.61. The molecule has 0 fully saturated rings. The van der Waals surface area contributed by atoms with Crippen LogP contribution in [0.15, 0.2) is 18.2 Å². The van der Waals surface area contributed by atoms with Crippen LogP contribution in [0.3, 0.4) is 0 Å². The van der Waals surface area contributed by atoms with Crippen molar-refractivity contribution in [3.8, 4) is 0 Å². The lowest BCUT2D eigenvalue weighted by Gasteiger charge is -2.11. The van der Waals surface area contributed by atoms with Gasteiger partial charge in [-0.05, 0) is 30.5 Å². The third-order valence-corrected chi connectivity index (χ3v) is 3.55. The maximum absolute atomic E-state index is 11.7. The Morgan fingerprint density at radius 3 is 2.72 bits per heavy atom. The molecule has 1 N–H and O–H groups in total. The Morgan fingerprint density at radius 1 is 1.39 bits per heavy atom. The summed E-state index contributed by atoms with van der Waals surface area (Å²) in [7, 11) is -0.865. The number of unbranched alkanes of at least 4 members (excludes halogenated alkanes) is 1. The lowest BCUT2D eigenvalue weighted by Crippen LogP contribution is -2.12.